The molecular formula is C14H24N4OS. The lowest BCUT2D eigenvalue weighted by Gasteiger charge is -2.31. The van der Waals surface area contributed by atoms with Crippen molar-refractivity contribution in [2.75, 3.05) is 37.5 Å². The molecule has 0 amide bonds. The Hall–Kier alpha value is -0.750. The van der Waals surface area contributed by atoms with Crippen molar-refractivity contribution < 1.29 is 4.74 Å². The molecule has 0 spiro atoms. The van der Waals surface area contributed by atoms with E-state index >= 15 is 0 Å². The van der Waals surface area contributed by atoms with E-state index in [9.17, 15) is 0 Å². The van der Waals surface area contributed by atoms with E-state index in [0.717, 1.165) is 49.7 Å². The summed E-state index contributed by atoms with van der Waals surface area (Å²) in [6.45, 7) is 3.88. The molecule has 0 N–H and O–H groups in total. The van der Waals surface area contributed by atoms with Crippen molar-refractivity contribution >= 4 is 17.7 Å². The second-order valence-corrected chi connectivity index (χ2v) is 6.89. The number of nitrogens with zero attached hydrogens (tertiary/aromatic N) is 4. The lowest BCUT2D eigenvalue weighted by molar-refractivity contribution is 0.0772. The van der Waals surface area contributed by atoms with E-state index in [-0.39, 0.29) is 0 Å². The van der Waals surface area contributed by atoms with Crippen LogP contribution in [0.25, 0.3) is 0 Å². The number of thioether (sulfide) groups is 1. The fourth-order valence-corrected chi connectivity index (χ4v) is 3.88. The number of ether oxygens (including phenoxy) is 1. The van der Waals surface area contributed by atoms with Crippen LogP contribution in [0.1, 0.15) is 37.4 Å². The van der Waals surface area contributed by atoms with Crippen LogP contribution in [0.5, 0.6) is 0 Å². The first kappa shape index (κ1) is 14.2. The van der Waals surface area contributed by atoms with Gasteiger partial charge in [-0.1, -0.05) is 0 Å². The summed E-state index contributed by atoms with van der Waals surface area (Å²) < 4.78 is 7.76. The highest BCUT2D eigenvalue weighted by Gasteiger charge is 2.26. The van der Waals surface area contributed by atoms with E-state index in [4.69, 9.17) is 4.74 Å². The van der Waals surface area contributed by atoms with E-state index in [2.05, 4.69) is 33.0 Å². The van der Waals surface area contributed by atoms with Gasteiger partial charge in [0, 0.05) is 37.9 Å². The fraction of sp³-hybridized carbons (Fsp3) is 0.857. The van der Waals surface area contributed by atoms with Crippen LogP contribution in [-0.4, -0.2) is 52.6 Å². The average molecular weight is 296 g/mol. The van der Waals surface area contributed by atoms with E-state index in [1.54, 1.807) is 0 Å². The second-order valence-electron chi connectivity index (χ2n) is 5.75. The van der Waals surface area contributed by atoms with Gasteiger partial charge >= 0.3 is 0 Å². The molecule has 20 heavy (non-hydrogen) atoms. The quantitative estimate of drug-likeness (QED) is 0.854. The van der Waals surface area contributed by atoms with Crippen molar-refractivity contribution in [3.8, 4) is 0 Å². The first-order valence-electron chi connectivity index (χ1n) is 7.54. The molecule has 2 saturated heterocycles. The zero-order chi connectivity index (χ0) is 13.9. The molecule has 1 atom stereocenters. The molecule has 0 saturated carbocycles. The third-order valence-electron chi connectivity index (χ3n) is 4.47. The zero-order valence-electron chi connectivity index (χ0n) is 12.4. The molecule has 112 valence electrons. The molecule has 0 aliphatic carbocycles. The SMILES string of the molecule is CSC1CCN(c2nnc(C3CCCOC3)n2C)CC1. The summed E-state index contributed by atoms with van der Waals surface area (Å²) in [6, 6.07) is 0. The van der Waals surface area contributed by atoms with Crippen LogP contribution in [0.4, 0.5) is 5.95 Å². The van der Waals surface area contributed by atoms with E-state index in [1.165, 1.54) is 19.3 Å². The maximum Gasteiger partial charge on any atom is 0.226 e. The van der Waals surface area contributed by atoms with Gasteiger partial charge in [-0.15, -0.1) is 10.2 Å². The van der Waals surface area contributed by atoms with Crippen LogP contribution < -0.4 is 4.90 Å². The van der Waals surface area contributed by atoms with Crippen molar-refractivity contribution in [1.82, 2.24) is 14.8 Å². The summed E-state index contributed by atoms with van der Waals surface area (Å²) >= 11 is 1.99. The number of anilines is 1. The smallest absolute Gasteiger partial charge is 0.226 e. The Bertz CT molecular complexity index is 436. The van der Waals surface area contributed by atoms with Crippen molar-refractivity contribution in [3.05, 3.63) is 5.82 Å². The summed E-state index contributed by atoms with van der Waals surface area (Å²) in [5.41, 5.74) is 0. The van der Waals surface area contributed by atoms with Gasteiger partial charge < -0.3 is 14.2 Å². The van der Waals surface area contributed by atoms with Gasteiger partial charge in [0.05, 0.1) is 6.61 Å². The predicted octanol–water partition coefficient (Wildman–Crippen LogP) is 2.04. The Labute approximate surface area is 125 Å². The Morgan fingerprint density at radius 1 is 1.20 bits per heavy atom. The van der Waals surface area contributed by atoms with Crippen LogP contribution in [0.15, 0.2) is 0 Å². The minimum Gasteiger partial charge on any atom is -0.381 e. The Balaban J connectivity index is 1.70. The standard InChI is InChI=1S/C14H24N4OS/c1-17-13(11-4-3-9-19-10-11)15-16-14(17)18-7-5-12(20-2)6-8-18/h11-12H,3-10H2,1-2H3. The van der Waals surface area contributed by atoms with Gasteiger partial charge in [0.1, 0.15) is 5.82 Å². The highest BCUT2D eigenvalue weighted by molar-refractivity contribution is 7.99. The largest absolute Gasteiger partial charge is 0.381 e. The molecule has 1 aromatic heterocycles. The molecule has 3 rings (SSSR count). The Morgan fingerprint density at radius 3 is 2.65 bits per heavy atom. The molecule has 2 aliphatic rings. The van der Waals surface area contributed by atoms with Gasteiger partial charge in [-0.2, -0.15) is 11.8 Å². The molecule has 5 nitrogen and oxygen atoms in total. The average Bonchev–Trinajstić information content (AvgIpc) is 2.90. The number of piperidine rings is 1. The van der Waals surface area contributed by atoms with Crippen LogP contribution in [0.3, 0.4) is 0 Å². The van der Waals surface area contributed by atoms with Gasteiger partial charge in [-0.3, -0.25) is 0 Å². The maximum absolute atomic E-state index is 5.58. The highest BCUT2D eigenvalue weighted by Crippen LogP contribution is 2.28. The molecule has 2 fully saturated rings. The summed E-state index contributed by atoms with van der Waals surface area (Å²) in [5.74, 6) is 2.54. The molecule has 3 heterocycles. The van der Waals surface area contributed by atoms with Gasteiger partial charge in [-0.05, 0) is 31.9 Å². The number of aromatic nitrogens is 3. The highest BCUT2D eigenvalue weighted by atomic mass is 32.2. The molecule has 2 aliphatic heterocycles. The minimum absolute atomic E-state index is 0.415. The second kappa shape index (κ2) is 6.35. The van der Waals surface area contributed by atoms with Crippen molar-refractivity contribution in [1.29, 1.82) is 0 Å². The van der Waals surface area contributed by atoms with E-state index < -0.39 is 0 Å². The third kappa shape index (κ3) is 2.81. The van der Waals surface area contributed by atoms with Crippen LogP contribution in [0, 0.1) is 0 Å². The Kier molecular flexibility index (Phi) is 4.51. The molecule has 6 heteroatoms. The first-order valence-corrected chi connectivity index (χ1v) is 8.83. The van der Waals surface area contributed by atoms with E-state index in [0.29, 0.717) is 5.92 Å². The first-order chi connectivity index (χ1) is 9.79. The summed E-state index contributed by atoms with van der Waals surface area (Å²) in [7, 11) is 2.10. The molecule has 0 aromatic carbocycles. The lowest BCUT2D eigenvalue weighted by atomic mass is 10.0. The van der Waals surface area contributed by atoms with Crippen LogP contribution >= 0.6 is 11.8 Å². The van der Waals surface area contributed by atoms with Gasteiger partial charge in [0.15, 0.2) is 0 Å². The van der Waals surface area contributed by atoms with Crippen LogP contribution in [0.2, 0.25) is 0 Å². The van der Waals surface area contributed by atoms with Gasteiger partial charge in [0.25, 0.3) is 0 Å². The summed E-state index contributed by atoms with van der Waals surface area (Å²) in [5, 5.41) is 9.69. The molecule has 0 radical (unpaired) electrons. The molecule has 0 bridgehead atoms. The third-order valence-corrected chi connectivity index (χ3v) is 5.61. The van der Waals surface area contributed by atoms with Crippen molar-refractivity contribution in [2.45, 2.75) is 36.9 Å². The zero-order valence-corrected chi connectivity index (χ0v) is 13.2. The normalized spacial score (nSPS) is 25.1. The van der Waals surface area contributed by atoms with Gasteiger partial charge in [0.2, 0.25) is 5.95 Å². The number of rotatable bonds is 3. The van der Waals surface area contributed by atoms with E-state index in [1.807, 2.05) is 11.8 Å². The summed E-state index contributed by atoms with van der Waals surface area (Å²) in [6.07, 6.45) is 7.00. The maximum atomic E-state index is 5.58. The minimum atomic E-state index is 0.415. The number of hydrogen-bond donors (Lipinski definition) is 0. The fourth-order valence-electron chi connectivity index (χ4n) is 3.20. The monoisotopic (exact) mass is 296 g/mol. The molecule has 1 aromatic rings. The van der Waals surface area contributed by atoms with Crippen LogP contribution in [-0.2, 0) is 11.8 Å². The molecule has 1 unspecified atom stereocenters. The van der Waals surface area contributed by atoms with Gasteiger partial charge in [-0.25, -0.2) is 0 Å². The van der Waals surface area contributed by atoms with Crippen molar-refractivity contribution in [2.24, 2.45) is 7.05 Å². The summed E-state index contributed by atoms with van der Waals surface area (Å²) in [4.78, 5) is 2.38. The lowest BCUT2D eigenvalue weighted by Crippen LogP contribution is -2.36. The predicted molar refractivity (Wildman–Crippen MR) is 82.5 cm³/mol. The van der Waals surface area contributed by atoms with Crippen molar-refractivity contribution in [3.63, 3.8) is 0 Å². The number of hydrogen-bond acceptors (Lipinski definition) is 5. The molecular weight excluding hydrogens is 272 g/mol. The topological polar surface area (TPSA) is 43.2 Å². The Morgan fingerprint density at radius 2 is 2.00 bits per heavy atom.